The van der Waals surface area contributed by atoms with Gasteiger partial charge in [-0.15, -0.1) is 30.0 Å². The van der Waals surface area contributed by atoms with E-state index in [4.69, 9.17) is 0 Å². The van der Waals surface area contributed by atoms with E-state index in [9.17, 15) is 15.3 Å². The average molecular weight is 450 g/mol. The molecule has 9 nitrogen and oxygen atoms in total. The Kier molecular flexibility index (Phi) is 4.41. The molecule has 6 rings (SSSR count). The molecule has 0 spiro atoms. The quantitative estimate of drug-likeness (QED) is 0.373. The molecule has 0 saturated carbocycles. The molecule has 9 heteroatoms. The lowest BCUT2D eigenvalue weighted by Crippen LogP contribution is -2.03. The van der Waals surface area contributed by atoms with E-state index in [1.54, 1.807) is 24.3 Å². The topological polar surface area (TPSA) is 122 Å². The van der Waals surface area contributed by atoms with E-state index >= 15 is 0 Å². The lowest BCUT2D eigenvalue weighted by atomic mass is 10.0. The molecule has 0 aliphatic rings. The molecule has 0 bridgehead atoms. The number of rotatable bonds is 4. The Morgan fingerprint density at radius 3 is 1.71 bits per heavy atom. The van der Waals surface area contributed by atoms with Crippen LogP contribution in [0.5, 0.6) is 17.2 Å². The van der Waals surface area contributed by atoms with Gasteiger partial charge in [-0.1, -0.05) is 36.4 Å². The number of nitrogens with zero attached hydrogens (tertiary/aromatic N) is 6. The number of aromatic nitrogens is 6. The minimum atomic E-state index is -0.139. The molecule has 0 aliphatic heterocycles. The molecular formula is C25H18N6O3. The van der Waals surface area contributed by atoms with Crippen LogP contribution in [0, 0.1) is 0 Å². The zero-order chi connectivity index (χ0) is 23.2. The van der Waals surface area contributed by atoms with E-state index in [0.29, 0.717) is 39.7 Å². The molecule has 0 radical (unpaired) electrons. The molecule has 2 aromatic heterocycles. The van der Waals surface area contributed by atoms with E-state index in [1.807, 2.05) is 48.5 Å². The zero-order valence-corrected chi connectivity index (χ0v) is 17.7. The molecular weight excluding hydrogens is 432 g/mol. The second-order valence-corrected chi connectivity index (χ2v) is 7.90. The highest BCUT2D eigenvalue weighted by molar-refractivity contribution is 5.75. The highest BCUT2D eigenvalue weighted by atomic mass is 16.3. The van der Waals surface area contributed by atoms with Crippen LogP contribution in [0.25, 0.3) is 33.4 Å². The number of phenolic OH excluding ortho intramolecular Hbond substituents is 3. The van der Waals surface area contributed by atoms with Gasteiger partial charge in [-0.25, -0.2) is 0 Å². The first kappa shape index (κ1) is 19.7. The van der Waals surface area contributed by atoms with Crippen LogP contribution in [0.1, 0.15) is 11.1 Å². The van der Waals surface area contributed by atoms with Crippen molar-refractivity contribution in [1.82, 2.24) is 30.0 Å². The molecule has 0 aliphatic carbocycles. The minimum absolute atomic E-state index is 0.0344. The summed E-state index contributed by atoms with van der Waals surface area (Å²) in [5.74, 6) is -0.231. The molecule has 0 atom stereocenters. The van der Waals surface area contributed by atoms with Crippen LogP contribution in [-0.2, 0) is 6.42 Å². The maximum atomic E-state index is 11.0. The molecule has 166 valence electrons. The molecule has 4 aromatic carbocycles. The number of aromatic hydroxyl groups is 3. The van der Waals surface area contributed by atoms with Gasteiger partial charge in [-0.2, -0.15) is 0 Å². The summed E-state index contributed by atoms with van der Waals surface area (Å²) >= 11 is 0. The summed E-state index contributed by atoms with van der Waals surface area (Å²) in [5.41, 5.74) is 4.62. The van der Waals surface area contributed by atoms with Crippen LogP contribution in [0.4, 0.5) is 0 Å². The normalized spacial score (nSPS) is 11.4. The zero-order valence-electron chi connectivity index (χ0n) is 17.7. The van der Waals surface area contributed by atoms with Crippen LogP contribution >= 0.6 is 0 Å². The predicted octanol–water partition coefficient (Wildman–Crippen LogP) is 3.86. The lowest BCUT2D eigenvalue weighted by molar-refractivity contribution is 0.435. The van der Waals surface area contributed by atoms with Crippen molar-refractivity contribution >= 4 is 22.1 Å². The average Bonchev–Trinajstić information content (AvgIpc) is 3.46. The standard InChI is InChI=1S/C25H18N6O3/c32-22-11-9-15(14-21(22)30-26-17-5-1-2-6-18(17)27-30)13-16-10-12-23(33)24(25(16)34)31-28-19-7-3-4-8-20(19)29-31/h1-12,14,32-34H,13H2. The molecule has 3 N–H and O–H groups in total. The number of phenols is 3. The molecule has 6 aromatic rings. The monoisotopic (exact) mass is 450 g/mol. The van der Waals surface area contributed by atoms with Crippen molar-refractivity contribution in [2.75, 3.05) is 0 Å². The summed E-state index contributed by atoms with van der Waals surface area (Å²) in [7, 11) is 0. The maximum Gasteiger partial charge on any atom is 0.169 e. The Labute approximate surface area is 192 Å². The number of hydrogen-bond acceptors (Lipinski definition) is 7. The first-order valence-corrected chi connectivity index (χ1v) is 10.6. The summed E-state index contributed by atoms with van der Waals surface area (Å²) in [4.78, 5) is 2.63. The minimum Gasteiger partial charge on any atom is -0.506 e. The van der Waals surface area contributed by atoms with Crippen LogP contribution in [0.15, 0.2) is 78.9 Å². The Hall–Kier alpha value is -4.92. The third-order valence-electron chi connectivity index (χ3n) is 5.64. The Morgan fingerprint density at radius 1 is 0.588 bits per heavy atom. The van der Waals surface area contributed by atoms with E-state index in [0.717, 1.165) is 5.56 Å². The second-order valence-electron chi connectivity index (χ2n) is 7.90. The number of hydrogen-bond donors (Lipinski definition) is 3. The van der Waals surface area contributed by atoms with Gasteiger partial charge >= 0.3 is 0 Å². The van der Waals surface area contributed by atoms with Gasteiger partial charge in [0.1, 0.15) is 45.0 Å². The van der Waals surface area contributed by atoms with Gasteiger partial charge in [0.15, 0.2) is 5.69 Å². The van der Waals surface area contributed by atoms with E-state index < -0.39 is 0 Å². The highest BCUT2D eigenvalue weighted by Crippen LogP contribution is 2.35. The van der Waals surface area contributed by atoms with Gasteiger partial charge < -0.3 is 15.3 Å². The Balaban J connectivity index is 1.39. The summed E-state index contributed by atoms with van der Waals surface area (Å²) in [6.45, 7) is 0. The summed E-state index contributed by atoms with van der Waals surface area (Å²) in [6, 6.07) is 23.0. The SMILES string of the molecule is Oc1ccc(Cc2ccc(O)c(-n3nc4ccccc4n3)c2O)cc1-n1nc2ccccc2n1. The molecule has 2 heterocycles. The molecule has 0 amide bonds. The third kappa shape index (κ3) is 3.27. The van der Waals surface area contributed by atoms with E-state index in [2.05, 4.69) is 20.4 Å². The lowest BCUT2D eigenvalue weighted by Gasteiger charge is -2.12. The van der Waals surface area contributed by atoms with Gasteiger partial charge in [0.25, 0.3) is 0 Å². The van der Waals surface area contributed by atoms with Gasteiger partial charge in [-0.3, -0.25) is 0 Å². The highest BCUT2D eigenvalue weighted by Gasteiger charge is 2.18. The van der Waals surface area contributed by atoms with Crippen molar-refractivity contribution in [1.29, 1.82) is 0 Å². The van der Waals surface area contributed by atoms with Crippen LogP contribution in [0.3, 0.4) is 0 Å². The van der Waals surface area contributed by atoms with Crippen LogP contribution in [-0.4, -0.2) is 45.3 Å². The fourth-order valence-corrected chi connectivity index (χ4v) is 3.94. The molecule has 34 heavy (non-hydrogen) atoms. The van der Waals surface area contributed by atoms with Gasteiger partial charge in [-0.05, 0) is 48.0 Å². The Bertz CT molecular complexity index is 1620. The summed E-state index contributed by atoms with van der Waals surface area (Å²) in [5, 5.41) is 49.5. The van der Waals surface area contributed by atoms with Crippen molar-refractivity contribution in [2.24, 2.45) is 0 Å². The van der Waals surface area contributed by atoms with Crippen molar-refractivity contribution in [3.05, 3.63) is 90.0 Å². The maximum absolute atomic E-state index is 11.0. The van der Waals surface area contributed by atoms with Crippen molar-refractivity contribution < 1.29 is 15.3 Å². The Morgan fingerprint density at radius 2 is 1.12 bits per heavy atom. The van der Waals surface area contributed by atoms with Gasteiger partial charge in [0.2, 0.25) is 0 Å². The fraction of sp³-hybridized carbons (Fsp3) is 0.0400. The number of benzene rings is 4. The van der Waals surface area contributed by atoms with Crippen molar-refractivity contribution in [3.8, 4) is 28.6 Å². The van der Waals surface area contributed by atoms with Gasteiger partial charge in [0, 0.05) is 12.0 Å². The van der Waals surface area contributed by atoms with Crippen molar-refractivity contribution in [2.45, 2.75) is 6.42 Å². The molecule has 0 unspecified atom stereocenters. The summed E-state index contributed by atoms with van der Waals surface area (Å²) in [6.07, 6.45) is 0.327. The predicted molar refractivity (Wildman–Crippen MR) is 126 cm³/mol. The van der Waals surface area contributed by atoms with Crippen LogP contribution in [0.2, 0.25) is 0 Å². The third-order valence-corrected chi connectivity index (χ3v) is 5.64. The summed E-state index contributed by atoms with van der Waals surface area (Å²) < 4.78 is 0. The smallest absolute Gasteiger partial charge is 0.169 e. The van der Waals surface area contributed by atoms with Gasteiger partial charge in [0.05, 0.1) is 0 Å². The molecule has 0 fully saturated rings. The van der Waals surface area contributed by atoms with Crippen LogP contribution < -0.4 is 0 Å². The first-order chi connectivity index (χ1) is 16.6. The van der Waals surface area contributed by atoms with Crippen molar-refractivity contribution in [3.63, 3.8) is 0 Å². The number of fused-ring (bicyclic) bond motifs is 2. The largest absolute Gasteiger partial charge is 0.506 e. The van der Waals surface area contributed by atoms with E-state index in [1.165, 1.54) is 15.7 Å². The first-order valence-electron chi connectivity index (χ1n) is 10.6. The second kappa shape index (κ2) is 7.59. The fourth-order valence-electron chi connectivity index (χ4n) is 3.94. The van der Waals surface area contributed by atoms with E-state index in [-0.39, 0.29) is 22.9 Å². The molecule has 0 saturated heterocycles.